The van der Waals surface area contributed by atoms with Crippen LogP contribution in [0.5, 0.6) is 0 Å². The molecule has 0 aromatic heterocycles. The lowest BCUT2D eigenvalue weighted by atomic mass is 9.98. The summed E-state index contributed by atoms with van der Waals surface area (Å²) in [6, 6.07) is 12.3. The summed E-state index contributed by atoms with van der Waals surface area (Å²) in [5.41, 5.74) is 2.36. The van der Waals surface area contributed by atoms with Gasteiger partial charge in [0, 0.05) is 23.6 Å². The van der Waals surface area contributed by atoms with Crippen LogP contribution >= 0.6 is 23.5 Å². The highest BCUT2D eigenvalue weighted by Crippen LogP contribution is 2.43. The van der Waals surface area contributed by atoms with Crippen molar-refractivity contribution in [3.63, 3.8) is 0 Å². The predicted octanol–water partition coefficient (Wildman–Crippen LogP) is 5.89. The molecular formula is C20H18O2S2. The average Bonchev–Trinajstić information content (AvgIpc) is 2.52. The van der Waals surface area contributed by atoms with Crippen molar-refractivity contribution in [1.82, 2.24) is 0 Å². The molecule has 0 saturated carbocycles. The minimum Gasteiger partial charge on any atom is -0.287 e. The van der Waals surface area contributed by atoms with E-state index < -0.39 is 0 Å². The van der Waals surface area contributed by atoms with E-state index in [0.717, 1.165) is 31.3 Å². The number of aryl methyl sites for hydroxylation is 2. The van der Waals surface area contributed by atoms with Crippen LogP contribution < -0.4 is 0 Å². The van der Waals surface area contributed by atoms with Crippen molar-refractivity contribution < 1.29 is 9.59 Å². The van der Waals surface area contributed by atoms with Crippen molar-refractivity contribution in [2.75, 3.05) is 0 Å². The summed E-state index contributed by atoms with van der Waals surface area (Å²) in [5.74, 6) is 0. The molecule has 122 valence electrons. The SMILES string of the molecule is CC(=O)Sc1c2ccccc2c(SC(C)=O)c2cc(C)c(C)cc12. The Morgan fingerprint density at radius 2 is 1.08 bits per heavy atom. The Morgan fingerprint density at radius 3 is 1.42 bits per heavy atom. The summed E-state index contributed by atoms with van der Waals surface area (Å²) >= 11 is 2.53. The molecule has 0 radical (unpaired) electrons. The van der Waals surface area contributed by atoms with Gasteiger partial charge in [0.05, 0.1) is 0 Å². The molecule has 4 heteroatoms. The van der Waals surface area contributed by atoms with E-state index in [2.05, 4.69) is 26.0 Å². The minimum atomic E-state index is 0.0617. The van der Waals surface area contributed by atoms with Crippen molar-refractivity contribution in [2.24, 2.45) is 0 Å². The van der Waals surface area contributed by atoms with E-state index in [1.165, 1.54) is 34.7 Å². The van der Waals surface area contributed by atoms with Crippen LogP contribution in [0.1, 0.15) is 25.0 Å². The van der Waals surface area contributed by atoms with Crippen molar-refractivity contribution >= 4 is 55.3 Å². The highest BCUT2D eigenvalue weighted by molar-refractivity contribution is 8.14. The van der Waals surface area contributed by atoms with Crippen LogP contribution in [-0.2, 0) is 9.59 Å². The molecule has 0 saturated heterocycles. The zero-order chi connectivity index (χ0) is 17.4. The first kappa shape index (κ1) is 17.1. The number of fused-ring (bicyclic) bond motifs is 2. The fourth-order valence-electron chi connectivity index (χ4n) is 2.87. The van der Waals surface area contributed by atoms with E-state index >= 15 is 0 Å². The smallest absolute Gasteiger partial charge is 0.190 e. The van der Waals surface area contributed by atoms with Crippen LogP contribution in [0.3, 0.4) is 0 Å². The monoisotopic (exact) mass is 354 g/mol. The highest BCUT2D eigenvalue weighted by Gasteiger charge is 2.17. The molecule has 0 heterocycles. The van der Waals surface area contributed by atoms with Crippen molar-refractivity contribution in [1.29, 1.82) is 0 Å². The third kappa shape index (κ3) is 3.08. The first-order valence-corrected chi connectivity index (χ1v) is 9.34. The molecule has 2 nitrogen and oxygen atoms in total. The van der Waals surface area contributed by atoms with Gasteiger partial charge in [0.2, 0.25) is 0 Å². The van der Waals surface area contributed by atoms with Gasteiger partial charge in [0.25, 0.3) is 0 Å². The fourth-order valence-corrected chi connectivity index (χ4v) is 4.58. The second-order valence-corrected chi connectivity index (χ2v) is 8.25. The third-order valence-electron chi connectivity index (χ3n) is 4.03. The molecule has 0 unspecified atom stereocenters. The van der Waals surface area contributed by atoms with Gasteiger partial charge in [0.15, 0.2) is 10.2 Å². The van der Waals surface area contributed by atoms with Crippen LogP contribution in [0.4, 0.5) is 0 Å². The number of carbonyl (C=O) groups is 2. The zero-order valence-electron chi connectivity index (χ0n) is 14.1. The second kappa shape index (κ2) is 6.61. The molecule has 0 aliphatic heterocycles. The van der Waals surface area contributed by atoms with Gasteiger partial charge in [-0.15, -0.1) is 0 Å². The van der Waals surface area contributed by atoms with Crippen LogP contribution in [0.2, 0.25) is 0 Å². The highest BCUT2D eigenvalue weighted by atomic mass is 32.2. The van der Waals surface area contributed by atoms with Gasteiger partial charge < -0.3 is 0 Å². The van der Waals surface area contributed by atoms with Gasteiger partial charge >= 0.3 is 0 Å². The van der Waals surface area contributed by atoms with E-state index in [-0.39, 0.29) is 10.2 Å². The number of thioether (sulfide) groups is 2. The van der Waals surface area contributed by atoms with Crippen LogP contribution in [-0.4, -0.2) is 10.2 Å². The Hall–Kier alpha value is -1.78. The van der Waals surface area contributed by atoms with Gasteiger partial charge in [-0.25, -0.2) is 0 Å². The van der Waals surface area contributed by atoms with Crippen LogP contribution in [0, 0.1) is 13.8 Å². The second-order valence-electron chi connectivity index (χ2n) is 5.87. The first-order chi connectivity index (χ1) is 11.4. The maximum absolute atomic E-state index is 11.8. The summed E-state index contributed by atoms with van der Waals surface area (Å²) in [6.45, 7) is 7.32. The van der Waals surface area contributed by atoms with Crippen molar-refractivity contribution in [2.45, 2.75) is 37.5 Å². The van der Waals surface area contributed by atoms with Crippen molar-refractivity contribution in [3.05, 3.63) is 47.5 Å². The summed E-state index contributed by atoms with van der Waals surface area (Å²) < 4.78 is 0. The lowest BCUT2D eigenvalue weighted by molar-refractivity contribution is -0.109. The lowest BCUT2D eigenvalue weighted by Gasteiger charge is -2.16. The number of rotatable bonds is 2. The molecule has 0 N–H and O–H groups in total. The molecule has 0 atom stereocenters. The molecule has 3 rings (SSSR count). The summed E-state index contributed by atoms with van der Waals surface area (Å²) in [5, 5.41) is 4.26. The van der Waals surface area contributed by atoms with E-state index in [0.29, 0.717) is 0 Å². The van der Waals surface area contributed by atoms with Gasteiger partial charge in [-0.05, 0) is 58.7 Å². The molecule has 0 amide bonds. The fraction of sp³-hybridized carbons (Fsp3) is 0.200. The average molecular weight is 354 g/mol. The van der Waals surface area contributed by atoms with Gasteiger partial charge in [0.1, 0.15) is 0 Å². The van der Waals surface area contributed by atoms with Gasteiger partial charge in [-0.1, -0.05) is 47.8 Å². The van der Waals surface area contributed by atoms with E-state index in [9.17, 15) is 9.59 Å². The lowest BCUT2D eigenvalue weighted by Crippen LogP contribution is -1.93. The van der Waals surface area contributed by atoms with Gasteiger partial charge in [-0.2, -0.15) is 0 Å². The predicted molar refractivity (Wildman–Crippen MR) is 104 cm³/mol. The first-order valence-electron chi connectivity index (χ1n) is 7.71. The third-order valence-corrected chi connectivity index (χ3v) is 5.89. The standard InChI is InChI=1S/C20H18O2S2/c1-11-9-17-18(10-12(11)2)20(24-14(4)22)16-8-6-5-7-15(16)19(17)23-13(3)21/h5-10H,1-4H3. The molecule has 3 aromatic carbocycles. The largest absolute Gasteiger partial charge is 0.287 e. The summed E-state index contributed by atoms with van der Waals surface area (Å²) in [7, 11) is 0. The molecule has 24 heavy (non-hydrogen) atoms. The van der Waals surface area contributed by atoms with E-state index in [4.69, 9.17) is 0 Å². The number of hydrogen-bond donors (Lipinski definition) is 0. The molecule has 0 aliphatic rings. The van der Waals surface area contributed by atoms with E-state index in [1.54, 1.807) is 13.8 Å². The summed E-state index contributed by atoms with van der Waals surface area (Å²) in [6.07, 6.45) is 0. The molecule has 0 fully saturated rings. The normalized spacial score (nSPS) is 11.2. The van der Waals surface area contributed by atoms with E-state index in [1.807, 2.05) is 24.3 Å². The van der Waals surface area contributed by atoms with Crippen LogP contribution in [0.25, 0.3) is 21.5 Å². The Bertz CT molecular complexity index is 910. The van der Waals surface area contributed by atoms with Crippen molar-refractivity contribution in [3.8, 4) is 0 Å². The zero-order valence-corrected chi connectivity index (χ0v) is 15.7. The molecule has 0 spiro atoms. The molecule has 3 aromatic rings. The topological polar surface area (TPSA) is 34.1 Å². The summed E-state index contributed by atoms with van der Waals surface area (Å²) in [4.78, 5) is 25.6. The molecular weight excluding hydrogens is 336 g/mol. The Labute approximate surface area is 150 Å². The quantitative estimate of drug-likeness (QED) is 0.425. The Morgan fingerprint density at radius 1 is 0.708 bits per heavy atom. The van der Waals surface area contributed by atoms with Crippen LogP contribution in [0.15, 0.2) is 46.2 Å². The molecule has 0 bridgehead atoms. The van der Waals surface area contributed by atoms with Gasteiger partial charge in [-0.3, -0.25) is 9.59 Å². The number of benzene rings is 3. The minimum absolute atomic E-state index is 0.0617. The Kier molecular flexibility index (Phi) is 4.70. The number of hydrogen-bond acceptors (Lipinski definition) is 4. The Balaban J connectivity index is 2.53. The maximum atomic E-state index is 11.8. The maximum Gasteiger partial charge on any atom is 0.190 e. The molecule has 0 aliphatic carbocycles. The number of carbonyl (C=O) groups excluding carboxylic acids is 2.